The molecule has 1 aliphatic heterocycles. The van der Waals surface area contributed by atoms with Crippen LogP contribution in [0, 0.1) is 6.92 Å². The monoisotopic (exact) mass is 515 g/mol. The smallest absolute Gasteiger partial charge is 0.408 e. The molecule has 3 rings (SSSR count). The van der Waals surface area contributed by atoms with Gasteiger partial charge in [0.1, 0.15) is 17.7 Å². The van der Waals surface area contributed by atoms with Crippen LogP contribution in [0.2, 0.25) is 5.02 Å². The fourth-order valence-corrected chi connectivity index (χ4v) is 4.05. The molecule has 3 amide bonds. The van der Waals surface area contributed by atoms with E-state index >= 15 is 0 Å². The standard InChI is InChI=1S/C26H30ClN3O6/c1-15-11-18(9-10-19(15)27)28-23(32)20(13-22(31)36-26(2,3)4)29-24(33)21-12-16-7-5-6-8-17(16)14-30(21)25(34)35/h5-11,20-21H,12-14H2,1-4H3,(H,28,32)(H,29,33)(H,34,35)/t20-,21-/m0/s1. The number of carbonyl (C=O) groups is 4. The van der Waals surface area contributed by atoms with Crippen molar-refractivity contribution in [3.05, 3.63) is 64.2 Å². The molecule has 2 aromatic carbocycles. The summed E-state index contributed by atoms with van der Waals surface area (Å²) in [4.78, 5) is 51.9. The van der Waals surface area contributed by atoms with E-state index in [1.165, 1.54) is 0 Å². The number of rotatable bonds is 6. The average Bonchev–Trinajstić information content (AvgIpc) is 2.78. The second-order valence-electron chi connectivity index (χ2n) is 9.70. The molecule has 1 heterocycles. The highest BCUT2D eigenvalue weighted by Crippen LogP contribution is 2.24. The Bertz CT molecular complexity index is 1180. The lowest BCUT2D eigenvalue weighted by atomic mass is 9.93. The van der Waals surface area contributed by atoms with E-state index < -0.39 is 48.0 Å². The molecule has 2 atom stereocenters. The molecule has 0 aliphatic carbocycles. The van der Waals surface area contributed by atoms with Crippen molar-refractivity contribution >= 4 is 41.2 Å². The Morgan fingerprint density at radius 2 is 1.81 bits per heavy atom. The summed E-state index contributed by atoms with van der Waals surface area (Å²) in [6.45, 7) is 6.90. The van der Waals surface area contributed by atoms with E-state index in [2.05, 4.69) is 10.6 Å². The van der Waals surface area contributed by atoms with Crippen LogP contribution in [0.1, 0.15) is 43.9 Å². The van der Waals surface area contributed by atoms with Crippen LogP contribution in [0.4, 0.5) is 10.5 Å². The molecule has 10 heteroatoms. The van der Waals surface area contributed by atoms with Gasteiger partial charge in [0.25, 0.3) is 0 Å². The van der Waals surface area contributed by atoms with Crippen LogP contribution in [-0.4, -0.2) is 51.6 Å². The van der Waals surface area contributed by atoms with Crippen LogP contribution >= 0.6 is 11.6 Å². The molecule has 192 valence electrons. The number of anilines is 1. The molecule has 2 aromatic rings. The fourth-order valence-electron chi connectivity index (χ4n) is 3.94. The lowest BCUT2D eigenvalue weighted by Gasteiger charge is -2.34. The summed E-state index contributed by atoms with van der Waals surface area (Å²) in [5.41, 5.74) is 2.04. The van der Waals surface area contributed by atoms with Crippen LogP contribution in [-0.2, 0) is 32.1 Å². The first kappa shape index (κ1) is 27.0. The minimum Gasteiger partial charge on any atom is -0.465 e. The van der Waals surface area contributed by atoms with Gasteiger partial charge in [-0.25, -0.2) is 4.79 Å². The van der Waals surface area contributed by atoms with E-state index in [4.69, 9.17) is 16.3 Å². The van der Waals surface area contributed by atoms with E-state index in [-0.39, 0.29) is 13.0 Å². The Morgan fingerprint density at radius 3 is 2.42 bits per heavy atom. The number of carboxylic acid groups (broad SMARTS) is 1. The van der Waals surface area contributed by atoms with E-state index in [0.717, 1.165) is 21.6 Å². The maximum atomic E-state index is 13.3. The topological polar surface area (TPSA) is 125 Å². The van der Waals surface area contributed by atoms with Gasteiger partial charge in [0.15, 0.2) is 0 Å². The van der Waals surface area contributed by atoms with Crippen LogP contribution < -0.4 is 10.6 Å². The van der Waals surface area contributed by atoms with E-state index in [1.807, 2.05) is 18.2 Å². The first-order valence-electron chi connectivity index (χ1n) is 11.5. The molecule has 1 aliphatic rings. The molecule has 0 bridgehead atoms. The number of hydrogen-bond acceptors (Lipinski definition) is 5. The quantitative estimate of drug-likeness (QED) is 0.501. The third kappa shape index (κ3) is 6.97. The van der Waals surface area contributed by atoms with E-state index in [9.17, 15) is 24.3 Å². The highest BCUT2D eigenvalue weighted by Gasteiger charge is 2.37. The largest absolute Gasteiger partial charge is 0.465 e. The third-order valence-electron chi connectivity index (χ3n) is 5.65. The molecule has 0 radical (unpaired) electrons. The molecule has 0 fully saturated rings. The molecular weight excluding hydrogens is 486 g/mol. The van der Waals surface area contributed by atoms with Crippen LogP contribution in [0.3, 0.4) is 0 Å². The van der Waals surface area contributed by atoms with Crippen molar-refractivity contribution < 1.29 is 29.0 Å². The van der Waals surface area contributed by atoms with Gasteiger partial charge in [-0.15, -0.1) is 0 Å². The minimum atomic E-state index is -1.30. The first-order valence-corrected chi connectivity index (χ1v) is 11.9. The van der Waals surface area contributed by atoms with Crippen LogP contribution in [0.5, 0.6) is 0 Å². The second kappa shape index (κ2) is 11.0. The summed E-state index contributed by atoms with van der Waals surface area (Å²) in [6, 6.07) is 9.80. The third-order valence-corrected chi connectivity index (χ3v) is 6.07. The number of ether oxygens (including phenoxy) is 1. The van der Waals surface area contributed by atoms with Crippen LogP contribution in [0.15, 0.2) is 42.5 Å². The second-order valence-corrected chi connectivity index (χ2v) is 10.1. The number of esters is 1. The number of fused-ring (bicyclic) bond motifs is 1. The Morgan fingerprint density at radius 1 is 1.14 bits per heavy atom. The molecule has 0 saturated heterocycles. The van der Waals surface area contributed by atoms with Crippen molar-refractivity contribution in [3.8, 4) is 0 Å². The molecule has 0 unspecified atom stereocenters. The first-order chi connectivity index (χ1) is 16.8. The minimum absolute atomic E-state index is 0.0383. The zero-order valence-electron chi connectivity index (χ0n) is 20.6. The zero-order chi connectivity index (χ0) is 26.6. The molecule has 0 saturated carbocycles. The average molecular weight is 516 g/mol. The summed E-state index contributed by atoms with van der Waals surface area (Å²) in [6.07, 6.45) is -1.54. The highest BCUT2D eigenvalue weighted by atomic mass is 35.5. The molecule has 9 nitrogen and oxygen atoms in total. The number of carbonyl (C=O) groups excluding carboxylic acids is 3. The van der Waals surface area contributed by atoms with Gasteiger partial charge in [-0.3, -0.25) is 19.3 Å². The number of hydrogen-bond donors (Lipinski definition) is 3. The molecule has 3 N–H and O–H groups in total. The molecule has 36 heavy (non-hydrogen) atoms. The van der Waals surface area contributed by atoms with Crippen LogP contribution in [0.25, 0.3) is 0 Å². The summed E-state index contributed by atoms with van der Waals surface area (Å²) in [7, 11) is 0. The number of nitrogens with zero attached hydrogens (tertiary/aromatic N) is 1. The maximum Gasteiger partial charge on any atom is 0.408 e. The van der Waals surface area contributed by atoms with Gasteiger partial charge in [-0.2, -0.15) is 0 Å². The zero-order valence-corrected chi connectivity index (χ0v) is 21.4. The Labute approximate surface area is 214 Å². The Kier molecular flexibility index (Phi) is 8.24. The number of aryl methyl sites for hydroxylation is 1. The summed E-state index contributed by atoms with van der Waals surface area (Å²) in [5, 5.41) is 15.5. The molecule has 0 spiro atoms. The highest BCUT2D eigenvalue weighted by molar-refractivity contribution is 6.31. The summed E-state index contributed by atoms with van der Waals surface area (Å²) >= 11 is 6.06. The fraction of sp³-hybridized carbons (Fsp3) is 0.385. The van der Waals surface area contributed by atoms with Crippen molar-refractivity contribution in [3.63, 3.8) is 0 Å². The predicted octanol–water partition coefficient (Wildman–Crippen LogP) is 3.91. The van der Waals surface area contributed by atoms with E-state index in [1.54, 1.807) is 52.0 Å². The number of nitrogens with one attached hydrogen (secondary N) is 2. The van der Waals surface area contributed by atoms with Crippen molar-refractivity contribution in [2.45, 2.75) is 64.8 Å². The molecular formula is C26H30ClN3O6. The number of halogens is 1. The van der Waals surface area contributed by atoms with Gasteiger partial charge in [0.2, 0.25) is 11.8 Å². The van der Waals surface area contributed by atoms with Gasteiger partial charge in [0, 0.05) is 17.1 Å². The number of benzene rings is 2. The predicted molar refractivity (Wildman–Crippen MR) is 135 cm³/mol. The van der Waals surface area contributed by atoms with Crippen molar-refractivity contribution in [1.29, 1.82) is 0 Å². The lowest BCUT2D eigenvalue weighted by Crippen LogP contribution is -2.56. The normalized spacial score (nSPS) is 15.9. The molecule has 0 aromatic heterocycles. The van der Waals surface area contributed by atoms with Gasteiger partial charge in [-0.05, 0) is 62.6 Å². The summed E-state index contributed by atoms with van der Waals surface area (Å²) < 4.78 is 5.34. The SMILES string of the molecule is Cc1cc(NC(=O)[C@H](CC(=O)OC(C)(C)C)NC(=O)[C@@H]2Cc3ccccc3CN2C(=O)O)ccc1Cl. The van der Waals surface area contributed by atoms with Gasteiger partial charge in [0.05, 0.1) is 13.0 Å². The van der Waals surface area contributed by atoms with Gasteiger partial charge in [-0.1, -0.05) is 35.9 Å². The van der Waals surface area contributed by atoms with Crippen molar-refractivity contribution in [2.75, 3.05) is 5.32 Å². The summed E-state index contributed by atoms with van der Waals surface area (Å²) in [5.74, 6) is -2.00. The van der Waals surface area contributed by atoms with Crippen molar-refractivity contribution in [1.82, 2.24) is 10.2 Å². The Hall–Kier alpha value is -3.59. The lowest BCUT2D eigenvalue weighted by molar-refractivity contribution is -0.156. The maximum absolute atomic E-state index is 13.3. The van der Waals surface area contributed by atoms with Crippen molar-refractivity contribution in [2.24, 2.45) is 0 Å². The number of amides is 3. The Balaban J connectivity index is 1.83. The van der Waals surface area contributed by atoms with Gasteiger partial charge < -0.3 is 20.5 Å². The van der Waals surface area contributed by atoms with E-state index in [0.29, 0.717) is 10.7 Å². The van der Waals surface area contributed by atoms with Gasteiger partial charge >= 0.3 is 12.1 Å².